The third-order valence-corrected chi connectivity index (χ3v) is 3.87. The fourth-order valence-electron chi connectivity index (χ4n) is 2.36. The van der Waals surface area contributed by atoms with Crippen molar-refractivity contribution >= 4 is 29.7 Å². The minimum atomic E-state index is -1.64. The van der Waals surface area contributed by atoms with Crippen LogP contribution in [0.15, 0.2) is 30.3 Å². The Bertz CT molecular complexity index is 754. The van der Waals surface area contributed by atoms with Gasteiger partial charge in [0.1, 0.15) is 18.1 Å². The molecule has 0 unspecified atom stereocenters. The van der Waals surface area contributed by atoms with E-state index in [1.807, 2.05) is 0 Å². The minimum absolute atomic E-state index is 0.142. The van der Waals surface area contributed by atoms with Crippen LogP contribution in [0, 0.1) is 0 Å². The molecule has 29 heavy (non-hydrogen) atoms. The highest BCUT2D eigenvalue weighted by molar-refractivity contribution is 5.94. The number of aliphatic carboxylic acids is 2. The number of benzene rings is 1. The molecule has 0 aliphatic rings. The van der Waals surface area contributed by atoms with E-state index in [1.54, 1.807) is 30.3 Å². The zero-order chi connectivity index (χ0) is 22.0. The third-order valence-electron chi connectivity index (χ3n) is 3.87. The van der Waals surface area contributed by atoms with Crippen LogP contribution in [-0.4, -0.2) is 64.5 Å². The Balaban J connectivity index is 2.80. The summed E-state index contributed by atoms with van der Waals surface area (Å²) in [7, 11) is 0. The van der Waals surface area contributed by atoms with Gasteiger partial charge in [-0.15, -0.1) is 0 Å². The van der Waals surface area contributed by atoms with E-state index in [0.717, 1.165) is 5.56 Å². The SMILES string of the molecule is C[C@@H](NC(=O)[C@H](Cc1ccccc1)NC(=O)CN)C(=O)N[C@H](CC(=O)O)C(=O)O. The van der Waals surface area contributed by atoms with Crippen molar-refractivity contribution in [3.63, 3.8) is 0 Å². The van der Waals surface area contributed by atoms with Crippen molar-refractivity contribution in [3.05, 3.63) is 35.9 Å². The van der Waals surface area contributed by atoms with Crippen LogP contribution < -0.4 is 21.7 Å². The van der Waals surface area contributed by atoms with Crippen molar-refractivity contribution in [2.24, 2.45) is 5.73 Å². The van der Waals surface area contributed by atoms with Crippen molar-refractivity contribution in [2.45, 2.75) is 37.9 Å². The number of nitrogens with one attached hydrogen (secondary N) is 3. The first-order chi connectivity index (χ1) is 13.6. The highest BCUT2D eigenvalue weighted by atomic mass is 16.4. The van der Waals surface area contributed by atoms with Crippen LogP contribution in [-0.2, 0) is 30.4 Å². The van der Waals surface area contributed by atoms with Crippen molar-refractivity contribution in [1.82, 2.24) is 16.0 Å². The highest BCUT2D eigenvalue weighted by Crippen LogP contribution is 2.04. The first kappa shape index (κ1) is 23.6. The van der Waals surface area contributed by atoms with Gasteiger partial charge in [0, 0.05) is 6.42 Å². The Morgan fingerprint density at radius 3 is 2.07 bits per heavy atom. The molecule has 3 amide bonds. The van der Waals surface area contributed by atoms with Crippen molar-refractivity contribution in [3.8, 4) is 0 Å². The summed E-state index contributed by atoms with van der Waals surface area (Å²) in [5.74, 6) is -5.04. The lowest BCUT2D eigenvalue weighted by molar-refractivity contribution is -0.147. The van der Waals surface area contributed by atoms with E-state index in [4.69, 9.17) is 15.9 Å². The fourth-order valence-corrected chi connectivity index (χ4v) is 2.36. The second-order valence-electron chi connectivity index (χ2n) is 6.24. The molecular formula is C18H24N4O7. The van der Waals surface area contributed by atoms with Crippen LogP contribution >= 0.6 is 0 Å². The monoisotopic (exact) mass is 408 g/mol. The number of hydrogen-bond donors (Lipinski definition) is 6. The van der Waals surface area contributed by atoms with Gasteiger partial charge in [-0.05, 0) is 12.5 Å². The summed E-state index contributed by atoms with van der Waals surface area (Å²) >= 11 is 0. The highest BCUT2D eigenvalue weighted by Gasteiger charge is 2.28. The van der Waals surface area contributed by atoms with E-state index < -0.39 is 54.2 Å². The van der Waals surface area contributed by atoms with Crippen molar-refractivity contribution in [2.75, 3.05) is 6.54 Å². The van der Waals surface area contributed by atoms with Crippen LogP contribution in [0.2, 0.25) is 0 Å². The van der Waals surface area contributed by atoms with Gasteiger partial charge in [0.05, 0.1) is 13.0 Å². The van der Waals surface area contributed by atoms with Crippen molar-refractivity contribution in [1.29, 1.82) is 0 Å². The van der Waals surface area contributed by atoms with E-state index in [0.29, 0.717) is 0 Å². The molecule has 0 spiro atoms. The maximum Gasteiger partial charge on any atom is 0.326 e. The average Bonchev–Trinajstić information content (AvgIpc) is 2.66. The fraction of sp³-hybridized carbons (Fsp3) is 0.389. The van der Waals surface area contributed by atoms with Crippen LogP contribution in [0.25, 0.3) is 0 Å². The Morgan fingerprint density at radius 1 is 0.931 bits per heavy atom. The second kappa shape index (κ2) is 11.4. The summed E-state index contributed by atoms with van der Waals surface area (Å²) < 4.78 is 0. The van der Waals surface area contributed by atoms with E-state index >= 15 is 0 Å². The first-order valence-electron chi connectivity index (χ1n) is 8.72. The Kier molecular flexibility index (Phi) is 9.26. The number of rotatable bonds is 11. The molecule has 3 atom stereocenters. The summed E-state index contributed by atoms with van der Waals surface area (Å²) in [5.41, 5.74) is 6.03. The van der Waals surface area contributed by atoms with Gasteiger partial charge in [0.15, 0.2) is 0 Å². The zero-order valence-electron chi connectivity index (χ0n) is 15.8. The summed E-state index contributed by atoms with van der Waals surface area (Å²) in [6, 6.07) is 5.00. The van der Waals surface area contributed by atoms with Gasteiger partial charge >= 0.3 is 11.9 Å². The van der Waals surface area contributed by atoms with Crippen LogP contribution in [0.3, 0.4) is 0 Å². The van der Waals surface area contributed by atoms with E-state index in [-0.39, 0.29) is 13.0 Å². The standard InChI is InChI=1S/C18H24N4O7/c1-10(16(26)22-13(18(28)29)8-15(24)25)20-17(27)12(21-14(23)9-19)7-11-5-3-2-4-6-11/h2-6,10,12-13H,7-9,19H2,1H3,(H,20,27)(H,21,23)(H,22,26)(H,24,25)(H,28,29)/t10-,12+,13-/m1/s1. The number of hydrogen-bond acceptors (Lipinski definition) is 6. The maximum atomic E-state index is 12.6. The van der Waals surface area contributed by atoms with Gasteiger partial charge in [-0.1, -0.05) is 30.3 Å². The number of carbonyl (C=O) groups excluding carboxylic acids is 3. The average molecular weight is 408 g/mol. The van der Waals surface area contributed by atoms with E-state index in [1.165, 1.54) is 6.92 Å². The molecule has 0 heterocycles. The topological polar surface area (TPSA) is 188 Å². The normalized spacial score (nSPS) is 13.4. The molecule has 0 aliphatic carbocycles. The Hall–Kier alpha value is -3.47. The van der Waals surface area contributed by atoms with Gasteiger partial charge in [0.2, 0.25) is 17.7 Å². The smallest absolute Gasteiger partial charge is 0.326 e. The van der Waals surface area contributed by atoms with E-state index in [2.05, 4.69) is 16.0 Å². The lowest BCUT2D eigenvalue weighted by Crippen LogP contribution is -2.56. The Morgan fingerprint density at radius 2 is 1.55 bits per heavy atom. The quantitative estimate of drug-likeness (QED) is 0.248. The minimum Gasteiger partial charge on any atom is -0.481 e. The van der Waals surface area contributed by atoms with Gasteiger partial charge < -0.3 is 31.9 Å². The van der Waals surface area contributed by atoms with Gasteiger partial charge in [-0.25, -0.2) is 4.79 Å². The second-order valence-corrected chi connectivity index (χ2v) is 6.24. The largest absolute Gasteiger partial charge is 0.481 e. The maximum absolute atomic E-state index is 12.6. The molecule has 7 N–H and O–H groups in total. The molecule has 11 nitrogen and oxygen atoms in total. The number of amides is 3. The number of nitrogens with two attached hydrogens (primary N) is 1. The number of carboxylic acid groups (broad SMARTS) is 2. The van der Waals surface area contributed by atoms with Gasteiger partial charge in [-0.2, -0.15) is 0 Å². The summed E-state index contributed by atoms with van der Waals surface area (Å²) in [4.78, 5) is 58.1. The van der Waals surface area contributed by atoms with Gasteiger partial charge in [0.25, 0.3) is 0 Å². The summed E-state index contributed by atoms with van der Waals surface area (Å²) in [6.45, 7) is 0.974. The number of carboxylic acids is 2. The molecule has 1 rings (SSSR count). The lowest BCUT2D eigenvalue weighted by Gasteiger charge is -2.22. The molecule has 11 heteroatoms. The molecule has 0 aromatic heterocycles. The molecule has 0 saturated heterocycles. The molecule has 158 valence electrons. The molecule has 0 aliphatic heterocycles. The summed E-state index contributed by atoms with van der Waals surface area (Å²) in [5, 5.41) is 24.6. The molecule has 0 saturated carbocycles. The van der Waals surface area contributed by atoms with Crippen LogP contribution in [0.4, 0.5) is 0 Å². The first-order valence-corrected chi connectivity index (χ1v) is 8.72. The molecule has 0 bridgehead atoms. The molecule has 1 aromatic rings. The summed E-state index contributed by atoms with van der Waals surface area (Å²) in [6.07, 6.45) is -0.672. The zero-order valence-corrected chi connectivity index (χ0v) is 15.8. The van der Waals surface area contributed by atoms with Crippen LogP contribution in [0.5, 0.6) is 0 Å². The molecule has 0 fully saturated rings. The number of carbonyl (C=O) groups is 5. The molecular weight excluding hydrogens is 384 g/mol. The van der Waals surface area contributed by atoms with E-state index in [9.17, 15) is 24.0 Å². The molecule has 1 aromatic carbocycles. The van der Waals surface area contributed by atoms with Gasteiger partial charge in [-0.3, -0.25) is 19.2 Å². The predicted molar refractivity (Wildman–Crippen MR) is 101 cm³/mol. The van der Waals surface area contributed by atoms with Crippen LogP contribution in [0.1, 0.15) is 18.9 Å². The lowest BCUT2D eigenvalue weighted by atomic mass is 10.0. The molecule has 0 radical (unpaired) electrons. The van der Waals surface area contributed by atoms with Crippen molar-refractivity contribution < 1.29 is 34.2 Å². The predicted octanol–water partition coefficient (Wildman–Crippen LogP) is -1.78. The Labute approximate surface area is 166 Å². The third kappa shape index (κ3) is 8.39.